The first-order valence-electron chi connectivity index (χ1n) is 12.5. The Balaban J connectivity index is 1.42. The number of halogens is 4. The van der Waals surface area contributed by atoms with Gasteiger partial charge in [-0.25, -0.2) is 18.5 Å². The van der Waals surface area contributed by atoms with Gasteiger partial charge in [-0.05, 0) is 67.4 Å². The molecule has 1 amide bonds. The zero-order valence-corrected chi connectivity index (χ0v) is 23.6. The van der Waals surface area contributed by atoms with Gasteiger partial charge in [0.25, 0.3) is 5.91 Å². The molecule has 5 rings (SSSR count). The lowest BCUT2D eigenvalue weighted by atomic mass is 10.1. The Bertz CT molecular complexity index is 1910. The Morgan fingerprint density at radius 3 is 2.43 bits per heavy atom. The van der Waals surface area contributed by atoms with Crippen molar-refractivity contribution < 1.29 is 26.4 Å². The number of alkyl halides is 3. The Hall–Kier alpha value is -4.26. The summed E-state index contributed by atoms with van der Waals surface area (Å²) in [6.07, 6.45) is -2.66. The molecule has 2 heterocycles. The summed E-state index contributed by atoms with van der Waals surface area (Å²) in [5.74, 6) is -0.232. The smallest absolute Gasteiger partial charge is 0.352 e. The second kappa shape index (κ2) is 11.2. The molecule has 0 aliphatic heterocycles. The minimum atomic E-state index is -4.64. The molecule has 0 spiro atoms. The molecule has 0 fully saturated rings. The van der Waals surface area contributed by atoms with Crippen LogP contribution in [0.15, 0.2) is 83.9 Å². The fourth-order valence-corrected chi connectivity index (χ4v) is 5.52. The van der Waals surface area contributed by atoms with E-state index < -0.39 is 32.7 Å². The summed E-state index contributed by atoms with van der Waals surface area (Å²) >= 11 is 6.05. The number of hydrogen-bond donors (Lipinski definition) is 2. The first kappa shape index (κ1) is 29.2. The van der Waals surface area contributed by atoms with Crippen molar-refractivity contribution in [2.45, 2.75) is 24.4 Å². The summed E-state index contributed by atoms with van der Waals surface area (Å²) in [5.41, 5.74) is 2.08. The third-order valence-corrected chi connectivity index (χ3v) is 7.80. The molecule has 42 heavy (non-hydrogen) atoms. The van der Waals surface area contributed by atoms with E-state index >= 15 is 0 Å². The van der Waals surface area contributed by atoms with Crippen LogP contribution < -0.4 is 10.5 Å². The van der Waals surface area contributed by atoms with E-state index in [0.717, 1.165) is 11.6 Å². The Morgan fingerprint density at radius 2 is 1.79 bits per heavy atom. The number of pyridine rings is 1. The molecule has 5 aromatic rings. The average molecular weight is 614 g/mol. The summed E-state index contributed by atoms with van der Waals surface area (Å²) in [5, 5.41) is 7.53. The molecule has 0 radical (unpaired) electrons. The Kier molecular flexibility index (Phi) is 7.80. The van der Waals surface area contributed by atoms with Crippen molar-refractivity contribution in [2.75, 3.05) is 6.54 Å². The van der Waals surface area contributed by atoms with E-state index in [1.165, 1.54) is 18.2 Å². The molecule has 0 unspecified atom stereocenters. The molecule has 0 saturated heterocycles. The number of nitrogens with zero attached hydrogens (tertiary/aromatic N) is 3. The van der Waals surface area contributed by atoms with Gasteiger partial charge in [-0.1, -0.05) is 41.4 Å². The molecule has 3 aromatic carbocycles. The highest BCUT2D eigenvalue weighted by molar-refractivity contribution is 7.89. The lowest BCUT2D eigenvalue weighted by Gasteiger charge is -2.12. The van der Waals surface area contributed by atoms with Crippen molar-refractivity contribution >= 4 is 38.6 Å². The number of primary sulfonamides is 1. The number of hydrogen-bond acceptors (Lipinski definition) is 5. The molecule has 0 aliphatic rings. The monoisotopic (exact) mass is 613 g/mol. The number of rotatable bonds is 7. The molecule has 3 N–H and O–H groups in total. The minimum Gasteiger partial charge on any atom is -0.352 e. The topological polar surface area (TPSA) is 120 Å². The van der Waals surface area contributed by atoms with Crippen molar-refractivity contribution in [2.24, 2.45) is 5.14 Å². The van der Waals surface area contributed by atoms with E-state index in [2.05, 4.69) is 15.3 Å². The van der Waals surface area contributed by atoms with Crippen LogP contribution in [-0.2, 0) is 22.6 Å². The summed E-state index contributed by atoms with van der Waals surface area (Å²) in [6, 6.07) is 18.8. The number of amides is 1. The van der Waals surface area contributed by atoms with Crippen molar-refractivity contribution in [1.82, 2.24) is 19.9 Å². The van der Waals surface area contributed by atoms with Gasteiger partial charge in [-0.3, -0.25) is 14.3 Å². The lowest BCUT2D eigenvalue weighted by Crippen LogP contribution is -2.28. The van der Waals surface area contributed by atoms with E-state index in [-0.39, 0.29) is 22.5 Å². The third kappa shape index (κ3) is 6.01. The summed E-state index contributed by atoms with van der Waals surface area (Å²) in [7, 11) is -4.09. The minimum absolute atomic E-state index is 0.0331. The van der Waals surface area contributed by atoms with E-state index in [1.54, 1.807) is 54.1 Å². The van der Waals surface area contributed by atoms with Gasteiger partial charge in [-0.2, -0.15) is 13.2 Å². The third-order valence-electron chi connectivity index (χ3n) is 6.52. The van der Waals surface area contributed by atoms with Gasteiger partial charge in [-0.15, -0.1) is 0 Å². The molecular formula is C29H23ClF3N5O3S. The number of benzene rings is 3. The van der Waals surface area contributed by atoms with Gasteiger partial charge in [0.2, 0.25) is 10.0 Å². The zero-order valence-electron chi connectivity index (χ0n) is 22.0. The number of aromatic nitrogens is 3. The first-order chi connectivity index (χ1) is 19.8. The van der Waals surface area contributed by atoms with Crippen LogP contribution in [0.25, 0.3) is 28.2 Å². The number of nitrogens with two attached hydrogens (primary N) is 1. The van der Waals surface area contributed by atoms with Gasteiger partial charge in [0.05, 0.1) is 32.1 Å². The number of carbonyl (C=O) groups is 1. The van der Waals surface area contributed by atoms with Crippen LogP contribution >= 0.6 is 11.6 Å². The predicted octanol–water partition coefficient (Wildman–Crippen LogP) is 5.69. The normalized spacial score (nSPS) is 12.0. The largest absolute Gasteiger partial charge is 0.417 e. The van der Waals surface area contributed by atoms with Crippen molar-refractivity contribution in [3.8, 4) is 17.2 Å². The van der Waals surface area contributed by atoms with Crippen molar-refractivity contribution in [3.63, 3.8) is 0 Å². The molecule has 0 aliphatic carbocycles. The maximum absolute atomic E-state index is 13.5. The van der Waals surface area contributed by atoms with Crippen molar-refractivity contribution in [3.05, 3.63) is 106 Å². The fraction of sp³-hybridized carbons (Fsp3) is 0.138. The molecular weight excluding hydrogens is 591 g/mol. The van der Waals surface area contributed by atoms with Gasteiger partial charge in [0, 0.05) is 18.4 Å². The maximum Gasteiger partial charge on any atom is 0.417 e. The second-order valence-electron chi connectivity index (χ2n) is 9.52. The van der Waals surface area contributed by atoms with E-state index in [0.29, 0.717) is 34.7 Å². The first-order valence-corrected chi connectivity index (χ1v) is 14.5. The highest BCUT2D eigenvalue weighted by Crippen LogP contribution is 2.38. The standard InChI is InChI=1S/C29H23ClF3N5O3S/c1-17-5-10-26(42(34,40)41)20(14-17)28(39)36-13-11-18-6-8-19(9-7-18)38-25-16-22(30)21(29(31,32)33)15-24(25)37-27(38)23-4-2-3-12-35-23/h2-10,12,14-16H,11,13H2,1H3,(H,36,39)(H2,34,40,41). The SMILES string of the molecule is Cc1ccc(S(N)(=O)=O)c(C(=O)NCCc2ccc(-n3c(-c4ccccn4)nc4cc(C(F)(F)F)c(Cl)cc43)cc2)c1. The number of sulfonamides is 1. The average Bonchev–Trinajstić information content (AvgIpc) is 3.30. The number of aryl methyl sites for hydroxylation is 1. The molecule has 8 nitrogen and oxygen atoms in total. The predicted molar refractivity (Wildman–Crippen MR) is 153 cm³/mol. The number of imidazole rings is 1. The van der Waals surface area contributed by atoms with Gasteiger partial charge in [0.1, 0.15) is 5.69 Å². The van der Waals surface area contributed by atoms with Crippen LogP contribution in [0.4, 0.5) is 13.2 Å². The second-order valence-corrected chi connectivity index (χ2v) is 11.5. The quantitative estimate of drug-likeness (QED) is 0.244. The molecule has 216 valence electrons. The Labute approximate surface area is 244 Å². The molecule has 13 heteroatoms. The zero-order chi connectivity index (χ0) is 30.2. The van der Waals surface area contributed by atoms with Gasteiger partial charge >= 0.3 is 6.18 Å². The summed E-state index contributed by atoms with van der Waals surface area (Å²) in [4.78, 5) is 21.3. The van der Waals surface area contributed by atoms with Crippen LogP contribution in [0, 0.1) is 6.92 Å². The summed E-state index contributed by atoms with van der Waals surface area (Å²) < 4.78 is 66.0. The summed E-state index contributed by atoms with van der Waals surface area (Å²) in [6.45, 7) is 1.94. The van der Waals surface area contributed by atoms with Gasteiger partial charge in [0.15, 0.2) is 5.82 Å². The number of fused-ring (bicyclic) bond motifs is 1. The molecule has 2 aromatic heterocycles. The van der Waals surface area contributed by atoms with E-state index in [9.17, 15) is 26.4 Å². The van der Waals surface area contributed by atoms with Crippen LogP contribution in [0.2, 0.25) is 5.02 Å². The highest BCUT2D eigenvalue weighted by Gasteiger charge is 2.34. The fourth-order valence-electron chi connectivity index (χ4n) is 4.54. The van der Waals surface area contributed by atoms with E-state index in [4.69, 9.17) is 16.7 Å². The van der Waals surface area contributed by atoms with Crippen LogP contribution in [0.5, 0.6) is 0 Å². The maximum atomic E-state index is 13.5. The van der Waals surface area contributed by atoms with Crippen LogP contribution in [0.1, 0.15) is 27.0 Å². The molecule has 0 bridgehead atoms. The molecule has 0 saturated carbocycles. The number of nitrogens with one attached hydrogen (secondary N) is 1. The van der Waals surface area contributed by atoms with E-state index in [1.807, 2.05) is 12.1 Å². The van der Waals surface area contributed by atoms with Crippen LogP contribution in [-0.4, -0.2) is 35.4 Å². The van der Waals surface area contributed by atoms with Crippen LogP contribution in [0.3, 0.4) is 0 Å². The Morgan fingerprint density at radius 1 is 1.05 bits per heavy atom. The highest BCUT2D eigenvalue weighted by atomic mass is 35.5. The number of carbonyl (C=O) groups excluding carboxylic acids is 1. The van der Waals surface area contributed by atoms with Crippen molar-refractivity contribution in [1.29, 1.82) is 0 Å². The van der Waals surface area contributed by atoms with Gasteiger partial charge < -0.3 is 5.32 Å². The molecule has 0 atom stereocenters. The lowest BCUT2D eigenvalue weighted by molar-refractivity contribution is -0.137.